The molecule has 0 radical (unpaired) electrons. The third-order valence-electron chi connectivity index (χ3n) is 2.33. The number of nitrogens with one attached hydrogen (secondary N) is 1. The van der Waals surface area contributed by atoms with Crippen LogP contribution in [0.25, 0.3) is 0 Å². The average molecular weight is 276 g/mol. The van der Waals surface area contributed by atoms with E-state index in [4.69, 9.17) is 0 Å². The maximum absolute atomic E-state index is 11.5. The maximum Gasteiger partial charge on any atom is 0.211 e. The molecule has 0 atom stereocenters. The lowest BCUT2D eigenvalue weighted by atomic mass is 10.3. The largest absolute Gasteiger partial charge is 0.246 e. The van der Waals surface area contributed by atoms with Crippen LogP contribution in [0.2, 0.25) is 0 Å². The first kappa shape index (κ1) is 14.6. The number of hydrogen-bond donors (Lipinski definition) is 1. The molecule has 0 saturated heterocycles. The fourth-order valence-corrected chi connectivity index (χ4v) is 3.74. The van der Waals surface area contributed by atoms with Crippen LogP contribution in [-0.2, 0) is 23.0 Å². The second kappa shape index (κ2) is 6.47. The van der Waals surface area contributed by atoms with Crippen LogP contribution >= 0.6 is 11.3 Å². The van der Waals surface area contributed by atoms with Gasteiger partial charge >= 0.3 is 0 Å². The SMILES string of the molecule is CCCc1nc(C)c(CNS(=O)(=O)CCC)s1. The topological polar surface area (TPSA) is 59.1 Å². The monoisotopic (exact) mass is 276 g/mol. The summed E-state index contributed by atoms with van der Waals surface area (Å²) in [5.74, 6) is 0.187. The molecule has 0 unspecified atom stereocenters. The van der Waals surface area contributed by atoms with Crippen molar-refractivity contribution < 1.29 is 8.42 Å². The van der Waals surface area contributed by atoms with Crippen LogP contribution in [-0.4, -0.2) is 19.2 Å². The van der Waals surface area contributed by atoms with Crippen molar-refractivity contribution in [3.63, 3.8) is 0 Å². The normalized spacial score (nSPS) is 11.9. The van der Waals surface area contributed by atoms with Crippen LogP contribution in [0.4, 0.5) is 0 Å². The van der Waals surface area contributed by atoms with E-state index in [0.29, 0.717) is 13.0 Å². The molecule has 0 bridgehead atoms. The van der Waals surface area contributed by atoms with E-state index >= 15 is 0 Å². The Morgan fingerprint density at radius 3 is 2.59 bits per heavy atom. The van der Waals surface area contributed by atoms with Crippen molar-refractivity contribution in [1.29, 1.82) is 0 Å². The summed E-state index contributed by atoms with van der Waals surface area (Å²) in [4.78, 5) is 5.45. The summed E-state index contributed by atoms with van der Waals surface area (Å²) in [5.41, 5.74) is 0.942. The third-order valence-corrected chi connectivity index (χ3v) is 5.07. The molecule has 0 aliphatic heterocycles. The molecular weight excluding hydrogens is 256 g/mol. The van der Waals surface area contributed by atoms with Crippen molar-refractivity contribution in [3.05, 3.63) is 15.6 Å². The highest BCUT2D eigenvalue weighted by atomic mass is 32.2. The molecule has 4 nitrogen and oxygen atoms in total. The molecule has 17 heavy (non-hydrogen) atoms. The van der Waals surface area contributed by atoms with Crippen molar-refractivity contribution in [2.45, 2.75) is 46.6 Å². The lowest BCUT2D eigenvalue weighted by molar-refractivity contribution is 0.580. The van der Waals surface area contributed by atoms with Crippen molar-refractivity contribution in [1.82, 2.24) is 9.71 Å². The Bertz CT molecular complexity index is 452. The van der Waals surface area contributed by atoms with Crippen LogP contribution in [0.5, 0.6) is 0 Å². The highest BCUT2D eigenvalue weighted by Gasteiger charge is 2.12. The summed E-state index contributed by atoms with van der Waals surface area (Å²) >= 11 is 1.60. The molecule has 0 spiro atoms. The number of nitrogens with zero attached hydrogens (tertiary/aromatic N) is 1. The molecule has 1 heterocycles. The number of aryl methyl sites for hydroxylation is 2. The number of rotatable bonds is 7. The average Bonchev–Trinajstić information content (AvgIpc) is 2.57. The fraction of sp³-hybridized carbons (Fsp3) is 0.727. The standard InChI is InChI=1S/C11H20N2O2S2/c1-4-6-11-13-9(3)10(16-11)8-12-17(14,15)7-5-2/h12H,4-8H2,1-3H3. The molecule has 0 aliphatic carbocycles. The molecule has 0 aromatic carbocycles. The molecule has 1 aromatic rings. The van der Waals surface area contributed by atoms with Gasteiger partial charge in [-0.3, -0.25) is 0 Å². The minimum atomic E-state index is -3.12. The Kier molecular flexibility index (Phi) is 5.55. The van der Waals surface area contributed by atoms with E-state index in [0.717, 1.165) is 28.4 Å². The molecule has 0 aliphatic rings. The van der Waals surface area contributed by atoms with Gasteiger partial charge in [-0.15, -0.1) is 11.3 Å². The van der Waals surface area contributed by atoms with Gasteiger partial charge in [-0.1, -0.05) is 13.8 Å². The van der Waals surface area contributed by atoms with E-state index in [1.165, 1.54) is 0 Å². The summed E-state index contributed by atoms with van der Waals surface area (Å²) in [6, 6.07) is 0. The summed E-state index contributed by atoms with van der Waals surface area (Å²) in [6.07, 6.45) is 2.67. The lowest BCUT2D eigenvalue weighted by Gasteiger charge is -2.03. The van der Waals surface area contributed by atoms with Gasteiger partial charge in [0.15, 0.2) is 0 Å². The minimum absolute atomic E-state index is 0.187. The fourth-order valence-electron chi connectivity index (χ4n) is 1.49. The Balaban J connectivity index is 2.63. The van der Waals surface area contributed by atoms with Crippen molar-refractivity contribution in [2.24, 2.45) is 0 Å². The number of aromatic nitrogens is 1. The highest BCUT2D eigenvalue weighted by molar-refractivity contribution is 7.89. The smallest absolute Gasteiger partial charge is 0.211 e. The number of hydrogen-bond acceptors (Lipinski definition) is 4. The van der Waals surface area contributed by atoms with Crippen molar-refractivity contribution >= 4 is 21.4 Å². The summed E-state index contributed by atoms with van der Waals surface area (Å²) in [5, 5.41) is 1.09. The van der Waals surface area contributed by atoms with Crippen LogP contribution in [0.1, 0.15) is 42.3 Å². The Labute approximate surface area is 108 Å². The van der Waals surface area contributed by atoms with Gasteiger partial charge in [0.2, 0.25) is 10.0 Å². The van der Waals surface area contributed by atoms with Crippen molar-refractivity contribution in [3.8, 4) is 0 Å². The molecule has 98 valence electrons. The van der Waals surface area contributed by atoms with E-state index in [1.54, 1.807) is 11.3 Å². The molecule has 0 amide bonds. The molecule has 6 heteroatoms. The Morgan fingerprint density at radius 1 is 1.29 bits per heavy atom. The number of thiazole rings is 1. The zero-order chi connectivity index (χ0) is 12.9. The molecule has 1 N–H and O–H groups in total. The maximum atomic E-state index is 11.5. The van der Waals surface area contributed by atoms with Crippen molar-refractivity contribution in [2.75, 3.05) is 5.75 Å². The van der Waals surface area contributed by atoms with Gasteiger partial charge in [0.25, 0.3) is 0 Å². The van der Waals surface area contributed by atoms with E-state index < -0.39 is 10.0 Å². The van der Waals surface area contributed by atoms with Crippen LogP contribution in [0.15, 0.2) is 0 Å². The van der Waals surface area contributed by atoms with Gasteiger partial charge < -0.3 is 0 Å². The van der Waals surface area contributed by atoms with Gasteiger partial charge in [-0.25, -0.2) is 18.1 Å². The predicted molar refractivity (Wildman–Crippen MR) is 71.8 cm³/mol. The summed E-state index contributed by atoms with van der Waals surface area (Å²) in [6.45, 7) is 6.27. The molecule has 0 saturated carbocycles. The quantitative estimate of drug-likeness (QED) is 0.831. The van der Waals surface area contributed by atoms with E-state index in [2.05, 4.69) is 16.6 Å². The summed E-state index contributed by atoms with van der Waals surface area (Å²) < 4.78 is 25.7. The summed E-state index contributed by atoms with van der Waals surface area (Å²) in [7, 11) is -3.12. The lowest BCUT2D eigenvalue weighted by Crippen LogP contribution is -2.25. The molecule has 1 aromatic heterocycles. The predicted octanol–water partition coefficient (Wildman–Crippen LogP) is 2.23. The zero-order valence-corrected chi connectivity index (χ0v) is 12.2. The van der Waals surface area contributed by atoms with E-state index in [1.807, 2.05) is 13.8 Å². The Morgan fingerprint density at radius 2 is 2.00 bits per heavy atom. The van der Waals surface area contributed by atoms with Gasteiger partial charge in [-0.05, 0) is 26.2 Å². The molecule has 1 rings (SSSR count). The molecular formula is C11H20N2O2S2. The van der Waals surface area contributed by atoms with Crippen LogP contribution in [0, 0.1) is 6.92 Å². The Hall–Kier alpha value is -0.460. The first-order chi connectivity index (χ1) is 7.98. The van der Waals surface area contributed by atoms with Gasteiger partial charge in [-0.2, -0.15) is 0 Å². The molecule has 0 fully saturated rings. The second-order valence-corrected chi connectivity index (χ2v) is 7.10. The van der Waals surface area contributed by atoms with E-state index in [-0.39, 0.29) is 5.75 Å². The van der Waals surface area contributed by atoms with Crippen LogP contribution in [0.3, 0.4) is 0 Å². The second-order valence-electron chi connectivity index (χ2n) is 4.01. The minimum Gasteiger partial charge on any atom is -0.246 e. The van der Waals surface area contributed by atoms with E-state index in [9.17, 15) is 8.42 Å². The van der Waals surface area contributed by atoms with Gasteiger partial charge in [0.05, 0.1) is 16.5 Å². The van der Waals surface area contributed by atoms with Gasteiger partial charge in [0, 0.05) is 11.4 Å². The van der Waals surface area contributed by atoms with Gasteiger partial charge in [0.1, 0.15) is 0 Å². The first-order valence-electron chi connectivity index (χ1n) is 5.91. The zero-order valence-electron chi connectivity index (χ0n) is 10.6. The van der Waals surface area contributed by atoms with Crippen LogP contribution < -0.4 is 4.72 Å². The highest BCUT2D eigenvalue weighted by Crippen LogP contribution is 2.19. The number of sulfonamides is 1. The third kappa shape index (κ3) is 4.73. The first-order valence-corrected chi connectivity index (χ1v) is 8.38.